The summed E-state index contributed by atoms with van der Waals surface area (Å²) < 4.78 is 36.6. The minimum absolute atomic E-state index is 0.0114. The molecule has 16 heavy (non-hydrogen) atoms. The van der Waals surface area contributed by atoms with Crippen molar-refractivity contribution >= 4 is 21.2 Å². The minimum Gasteiger partial charge on any atom is -0.249 e. The number of rotatable bonds is 3. The normalized spacial score (nSPS) is 11.6. The summed E-state index contributed by atoms with van der Waals surface area (Å²) in [4.78, 5) is 3.88. The first-order valence-electron chi connectivity index (χ1n) is 4.45. The topological polar surface area (TPSA) is 47.0 Å². The van der Waals surface area contributed by atoms with Crippen molar-refractivity contribution in [1.82, 2.24) is 4.98 Å². The Balaban J connectivity index is 2.33. The van der Waals surface area contributed by atoms with E-state index in [1.54, 1.807) is 11.6 Å². The summed E-state index contributed by atoms with van der Waals surface area (Å²) >= 11 is 1.26. The highest BCUT2D eigenvalue weighted by atomic mass is 32.2. The van der Waals surface area contributed by atoms with E-state index in [4.69, 9.17) is 0 Å². The van der Waals surface area contributed by atoms with Gasteiger partial charge < -0.3 is 0 Å². The highest BCUT2D eigenvalue weighted by Crippen LogP contribution is 2.18. The van der Waals surface area contributed by atoms with Crippen LogP contribution in [0.2, 0.25) is 0 Å². The molecule has 0 aliphatic rings. The Morgan fingerprint density at radius 1 is 1.38 bits per heavy atom. The van der Waals surface area contributed by atoms with Crippen LogP contribution in [0.1, 0.15) is 5.01 Å². The Bertz CT molecular complexity index is 579. The fourth-order valence-corrected chi connectivity index (χ4v) is 3.51. The summed E-state index contributed by atoms with van der Waals surface area (Å²) in [5.41, 5.74) is 0. The number of thiazole rings is 1. The van der Waals surface area contributed by atoms with Crippen LogP contribution in [-0.4, -0.2) is 13.4 Å². The standard InChI is InChI=1S/C10H8FNO2S2/c11-8-2-1-3-9(6-8)16(13,14)7-10-12-4-5-15-10/h1-6H,7H2. The van der Waals surface area contributed by atoms with Gasteiger partial charge in [-0.1, -0.05) is 6.07 Å². The van der Waals surface area contributed by atoms with E-state index in [-0.39, 0.29) is 10.6 Å². The zero-order valence-electron chi connectivity index (χ0n) is 8.13. The minimum atomic E-state index is -3.50. The number of aromatic nitrogens is 1. The predicted octanol–water partition coefficient (Wildman–Crippen LogP) is 2.26. The van der Waals surface area contributed by atoms with E-state index >= 15 is 0 Å². The van der Waals surface area contributed by atoms with Gasteiger partial charge in [0.15, 0.2) is 9.84 Å². The molecule has 0 bridgehead atoms. The van der Waals surface area contributed by atoms with E-state index in [1.165, 1.54) is 29.5 Å². The summed E-state index contributed by atoms with van der Waals surface area (Å²) in [5.74, 6) is -0.742. The molecule has 6 heteroatoms. The Morgan fingerprint density at radius 3 is 2.81 bits per heavy atom. The molecule has 1 aromatic heterocycles. The molecule has 0 radical (unpaired) electrons. The van der Waals surface area contributed by atoms with Crippen LogP contribution in [0.15, 0.2) is 40.7 Å². The third-order valence-electron chi connectivity index (χ3n) is 1.95. The quantitative estimate of drug-likeness (QED) is 0.847. The van der Waals surface area contributed by atoms with Gasteiger partial charge in [0.1, 0.15) is 16.6 Å². The van der Waals surface area contributed by atoms with E-state index in [0.29, 0.717) is 5.01 Å². The molecule has 0 unspecified atom stereocenters. The van der Waals surface area contributed by atoms with Crippen LogP contribution in [0.3, 0.4) is 0 Å². The van der Waals surface area contributed by atoms with E-state index in [0.717, 1.165) is 6.07 Å². The molecule has 0 saturated carbocycles. The van der Waals surface area contributed by atoms with Crippen LogP contribution in [0.5, 0.6) is 0 Å². The monoisotopic (exact) mass is 257 g/mol. The molecule has 3 nitrogen and oxygen atoms in total. The molecule has 0 atom stereocenters. The van der Waals surface area contributed by atoms with E-state index in [1.807, 2.05) is 0 Å². The van der Waals surface area contributed by atoms with Crippen LogP contribution in [-0.2, 0) is 15.6 Å². The van der Waals surface area contributed by atoms with Crippen LogP contribution in [0, 0.1) is 5.82 Å². The molecule has 2 rings (SSSR count). The molecule has 0 N–H and O–H groups in total. The molecule has 2 aromatic rings. The van der Waals surface area contributed by atoms with Crippen LogP contribution in [0.4, 0.5) is 4.39 Å². The maximum atomic E-state index is 12.9. The molecule has 0 aliphatic carbocycles. The fourth-order valence-electron chi connectivity index (χ4n) is 1.23. The number of nitrogens with zero attached hydrogens (tertiary/aromatic N) is 1. The average Bonchev–Trinajstić information content (AvgIpc) is 2.70. The molecule has 0 saturated heterocycles. The number of hydrogen-bond donors (Lipinski definition) is 0. The van der Waals surface area contributed by atoms with E-state index in [2.05, 4.69) is 4.98 Å². The second kappa shape index (κ2) is 4.31. The van der Waals surface area contributed by atoms with Gasteiger partial charge in [0.25, 0.3) is 0 Å². The highest BCUT2D eigenvalue weighted by molar-refractivity contribution is 7.90. The maximum Gasteiger partial charge on any atom is 0.185 e. The fraction of sp³-hybridized carbons (Fsp3) is 0.100. The largest absolute Gasteiger partial charge is 0.249 e. The lowest BCUT2D eigenvalue weighted by molar-refractivity contribution is 0.590. The first-order valence-corrected chi connectivity index (χ1v) is 6.98. The summed E-state index contributed by atoms with van der Waals surface area (Å²) in [7, 11) is -3.50. The summed E-state index contributed by atoms with van der Waals surface area (Å²) in [6, 6.07) is 4.99. The third kappa shape index (κ3) is 2.45. The molecule has 0 fully saturated rings. The van der Waals surface area contributed by atoms with Gasteiger partial charge in [-0.3, -0.25) is 0 Å². The number of benzene rings is 1. The summed E-state index contributed by atoms with van der Waals surface area (Å²) in [6.45, 7) is 0. The predicted molar refractivity (Wildman–Crippen MR) is 59.4 cm³/mol. The average molecular weight is 257 g/mol. The Hall–Kier alpha value is -1.27. The van der Waals surface area contributed by atoms with Gasteiger partial charge >= 0.3 is 0 Å². The van der Waals surface area contributed by atoms with Gasteiger partial charge in [0.05, 0.1) is 4.90 Å². The van der Waals surface area contributed by atoms with Gasteiger partial charge in [0, 0.05) is 11.6 Å². The second-order valence-electron chi connectivity index (χ2n) is 3.14. The van der Waals surface area contributed by atoms with Crippen LogP contribution < -0.4 is 0 Å². The SMILES string of the molecule is O=S(=O)(Cc1nccs1)c1cccc(F)c1. The van der Waals surface area contributed by atoms with Crippen molar-refractivity contribution in [1.29, 1.82) is 0 Å². The van der Waals surface area contributed by atoms with Crippen molar-refractivity contribution in [2.45, 2.75) is 10.6 Å². The Labute approximate surface area is 96.5 Å². The van der Waals surface area contributed by atoms with Crippen molar-refractivity contribution in [3.63, 3.8) is 0 Å². The third-order valence-corrected chi connectivity index (χ3v) is 4.54. The second-order valence-corrected chi connectivity index (χ2v) is 6.11. The van der Waals surface area contributed by atoms with E-state index < -0.39 is 15.7 Å². The zero-order chi connectivity index (χ0) is 11.6. The zero-order valence-corrected chi connectivity index (χ0v) is 9.76. The lowest BCUT2D eigenvalue weighted by Gasteiger charge is -2.01. The number of sulfone groups is 1. The number of halogens is 1. The lowest BCUT2D eigenvalue weighted by atomic mass is 10.4. The van der Waals surface area contributed by atoms with Crippen molar-refractivity contribution < 1.29 is 12.8 Å². The molecule has 0 spiro atoms. The molecule has 0 aliphatic heterocycles. The molecular weight excluding hydrogens is 249 g/mol. The molecular formula is C10H8FNO2S2. The van der Waals surface area contributed by atoms with Gasteiger partial charge in [-0.15, -0.1) is 11.3 Å². The maximum absolute atomic E-state index is 12.9. The molecule has 84 valence electrons. The van der Waals surface area contributed by atoms with Crippen molar-refractivity contribution in [3.8, 4) is 0 Å². The molecule has 0 amide bonds. The van der Waals surface area contributed by atoms with Gasteiger partial charge in [-0.25, -0.2) is 17.8 Å². The highest BCUT2D eigenvalue weighted by Gasteiger charge is 2.17. The Morgan fingerprint density at radius 2 is 2.19 bits per heavy atom. The van der Waals surface area contributed by atoms with Crippen LogP contribution in [0.25, 0.3) is 0 Å². The van der Waals surface area contributed by atoms with Crippen molar-refractivity contribution in [2.75, 3.05) is 0 Å². The summed E-state index contributed by atoms with van der Waals surface area (Å²) in [5, 5.41) is 2.21. The van der Waals surface area contributed by atoms with Gasteiger partial charge in [0.2, 0.25) is 0 Å². The van der Waals surface area contributed by atoms with Crippen LogP contribution >= 0.6 is 11.3 Å². The van der Waals surface area contributed by atoms with Gasteiger partial charge in [-0.05, 0) is 18.2 Å². The van der Waals surface area contributed by atoms with E-state index in [9.17, 15) is 12.8 Å². The molecule has 1 heterocycles. The smallest absolute Gasteiger partial charge is 0.185 e. The van der Waals surface area contributed by atoms with Crippen molar-refractivity contribution in [2.24, 2.45) is 0 Å². The first-order chi connectivity index (χ1) is 7.58. The van der Waals surface area contributed by atoms with Crippen molar-refractivity contribution in [3.05, 3.63) is 46.7 Å². The molecule has 1 aromatic carbocycles. The summed E-state index contributed by atoms with van der Waals surface area (Å²) in [6.07, 6.45) is 1.54. The number of hydrogen-bond acceptors (Lipinski definition) is 4. The lowest BCUT2D eigenvalue weighted by Crippen LogP contribution is -2.04. The van der Waals surface area contributed by atoms with Gasteiger partial charge in [-0.2, -0.15) is 0 Å². The first kappa shape index (κ1) is 11.2. The Kier molecular flexibility index (Phi) is 3.02.